The van der Waals surface area contributed by atoms with Crippen LogP contribution in [0.25, 0.3) is 0 Å². The third-order valence-electron chi connectivity index (χ3n) is 4.00. The van der Waals surface area contributed by atoms with Gasteiger partial charge in [-0.25, -0.2) is 0 Å². The second-order valence-corrected chi connectivity index (χ2v) is 5.40. The fourth-order valence-corrected chi connectivity index (χ4v) is 2.50. The lowest BCUT2D eigenvalue weighted by Crippen LogP contribution is -2.56. The van der Waals surface area contributed by atoms with Crippen LogP contribution in [0, 0.1) is 0 Å². The van der Waals surface area contributed by atoms with E-state index in [1.807, 2.05) is 13.8 Å². The van der Waals surface area contributed by atoms with E-state index >= 15 is 0 Å². The van der Waals surface area contributed by atoms with Gasteiger partial charge in [-0.05, 0) is 19.3 Å². The molecule has 0 spiro atoms. The minimum Gasteiger partial charge on any atom is -0.388 e. The van der Waals surface area contributed by atoms with Gasteiger partial charge in [-0.3, -0.25) is 4.79 Å². The Bertz CT molecular complexity index is 473. The number of carbonyl (C=O) groups excluding carboxylic acids is 1. The minimum atomic E-state index is -1.09. The van der Waals surface area contributed by atoms with Crippen LogP contribution in [0.2, 0.25) is 0 Å². The highest BCUT2D eigenvalue weighted by molar-refractivity contribution is 5.92. The molecule has 1 aromatic rings. The standard InChI is InChI=1S/C14H22N2O4/c1-3-5-10-8-11(15-20-10)13(18)16-7-6-14(19,4-2)12(17)9-16/h8,12,17,19H,3-7,9H2,1-2H3/t12-,14-/m1/s1. The average Bonchev–Trinajstić information content (AvgIpc) is 2.90. The first-order chi connectivity index (χ1) is 9.50. The highest BCUT2D eigenvalue weighted by Gasteiger charge is 2.40. The van der Waals surface area contributed by atoms with Gasteiger partial charge < -0.3 is 19.6 Å². The molecule has 112 valence electrons. The maximum atomic E-state index is 12.3. The number of aryl methyl sites for hydroxylation is 1. The van der Waals surface area contributed by atoms with Crippen LogP contribution in [0.3, 0.4) is 0 Å². The number of aliphatic hydroxyl groups is 2. The lowest BCUT2D eigenvalue weighted by molar-refractivity contribution is -0.114. The number of nitrogens with zero attached hydrogens (tertiary/aromatic N) is 2. The molecule has 1 aliphatic rings. The molecule has 2 heterocycles. The van der Waals surface area contributed by atoms with E-state index in [-0.39, 0.29) is 18.1 Å². The van der Waals surface area contributed by atoms with Crippen molar-refractivity contribution in [3.05, 3.63) is 17.5 Å². The molecule has 1 aliphatic heterocycles. The van der Waals surface area contributed by atoms with Crippen LogP contribution in [0.1, 0.15) is 49.4 Å². The Balaban J connectivity index is 2.03. The third-order valence-corrected chi connectivity index (χ3v) is 4.00. The number of aromatic nitrogens is 1. The molecule has 6 heteroatoms. The lowest BCUT2D eigenvalue weighted by atomic mass is 9.86. The van der Waals surface area contributed by atoms with Gasteiger partial charge in [0.05, 0.1) is 5.60 Å². The van der Waals surface area contributed by atoms with E-state index in [1.165, 1.54) is 4.90 Å². The second-order valence-electron chi connectivity index (χ2n) is 5.40. The Morgan fingerprint density at radius 2 is 2.35 bits per heavy atom. The zero-order chi connectivity index (χ0) is 14.8. The van der Waals surface area contributed by atoms with Gasteiger partial charge in [-0.2, -0.15) is 0 Å². The van der Waals surface area contributed by atoms with Gasteiger partial charge in [0.1, 0.15) is 11.9 Å². The zero-order valence-electron chi connectivity index (χ0n) is 12.0. The second kappa shape index (κ2) is 5.93. The van der Waals surface area contributed by atoms with Crippen molar-refractivity contribution in [3.63, 3.8) is 0 Å². The van der Waals surface area contributed by atoms with E-state index in [4.69, 9.17) is 4.52 Å². The number of rotatable bonds is 4. The van der Waals surface area contributed by atoms with Crippen molar-refractivity contribution in [2.75, 3.05) is 13.1 Å². The van der Waals surface area contributed by atoms with Crippen LogP contribution in [-0.4, -0.2) is 51.0 Å². The van der Waals surface area contributed by atoms with Crippen molar-refractivity contribution in [1.29, 1.82) is 0 Å². The summed E-state index contributed by atoms with van der Waals surface area (Å²) >= 11 is 0. The molecule has 0 radical (unpaired) electrons. The fraction of sp³-hybridized carbons (Fsp3) is 0.714. The molecule has 1 saturated heterocycles. The van der Waals surface area contributed by atoms with Crippen LogP contribution >= 0.6 is 0 Å². The van der Waals surface area contributed by atoms with E-state index in [0.717, 1.165) is 12.8 Å². The van der Waals surface area contributed by atoms with Gasteiger partial charge in [0.2, 0.25) is 0 Å². The molecule has 2 N–H and O–H groups in total. The van der Waals surface area contributed by atoms with E-state index in [9.17, 15) is 15.0 Å². The van der Waals surface area contributed by atoms with Crippen molar-refractivity contribution < 1.29 is 19.5 Å². The first-order valence-electron chi connectivity index (χ1n) is 7.15. The highest BCUT2D eigenvalue weighted by atomic mass is 16.5. The minimum absolute atomic E-state index is 0.124. The Labute approximate surface area is 118 Å². The SMILES string of the molecule is CCCc1cc(C(=O)N2CC[C@](O)(CC)[C@H](O)C2)no1. The van der Waals surface area contributed by atoms with Crippen molar-refractivity contribution in [1.82, 2.24) is 10.1 Å². The molecule has 2 atom stereocenters. The van der Waals surface area contributed by atoms with Crippen LogP contribution < -0.4 is 0 Å². The van der Waals surface area contributed by atoms with Crippen molar-refractivity contribution >= 4 is 5.91 Å². The molecule has 0 aromatic carbocycles. The van der Waals surface area contributed by atoms with E-state index in [1.54, 1.807) is 6.07 Å². The predicted molar refractivity (Wildman–Crippen MR) is 72.3 cm³/mol. The molecule has 0 saturated carbocycles. The summed E-state index contributed by atoms with van der Waals surface area (Å²) in [5.41, 5.74) is -0.823. The van der Waals surface area contributed by atoms with E-state index in [2.05, 4.69) is 5.16 Å². The quantitative estimate of drug-likeness (QED) is 0.859. The van der Waals surface area contributed by atoms with Crippen LogP contribution in [0.5, 0.6) is 0 Å². The first-order valence-corrected chi connectivity index (χ1v) is 7.15. The number of carbonyl (C=O) groups is 1. The van der Waals surface area contributed by atoms with Crippen LogP contribution in [0.4, 0.5) is 0 Å². The molecule has 6 nitrogen and oxygen atoms in total. The van der Waals surface area contributed by atoms with Crippen LogP contribution in [0.15, 0.2) is 10.6 Å². The predicted octanol–water partition coefficient (Wildman–Crippen LogP) is 0.975. The summed E-state index contributed by atoms with van der Waals surface area (Å²) < 4.78 is 5.10. The Morgan fingerprint density at radius 3 is 2.95 bits per heavy atom. The summed E-state index contributed by atoms with van der Waals surface area (Å²) in [5.74, 6) is 0.437. The van der Waals surface area contributed by atoms with E-state index < -0.39 is 11.7 Å². The van der Waals surface area contributed by atoms with Gasteiger partial charge >= 0.3 is 0 Å². The molecule has 1 fully saturated rings. The molecule has 0 bridgehead atoms. The summed E-state index contributed by atoms with van der Waals surface area (Å²) in [6, 6.07) is 1.65. The largest absolute Gasteiger partial charge is 0.388 e. The number of aliphatic hydroxyl groups excluding tert-OH is 1. The number of likely N-dealkylation sites (tertiary alicyclic amines) is 1. The number of β-amino-alcohol motifs (C(OH)–C–C–N with tert-alkyl or cyclic N) is 1. The van der Waals surface area contributed by atoms with Crippen molar-refractivity contribution in [2.24, 2.45) is 0 Å². The number of amides is 1. The summed E-state index contributed by atoms with van der Waals surface area (Å²) in [4.78, 5) is 13.8. The molecule has 1 amide bonds. The lowest BCUT2D eigenvalue weighted by Gasteiger charge is -2.41. The van der Waals surface area contributed by atoms with Gasteiger partial charge in [-0.15, -0.1) is 0 Å². The average molecular weight is 282 g/mol. The highest BCUT2D eigenvalue weighted by Crippen LogP contribution is 2.26. The zero-order valence-corrected chi connectivity index (χ0v) is 12.0. The van der Waals surface area contributed by atoms with Gasteiger partial charge in [-0.1, -0.05) is 19.0 Å². The fourth-order valence-electron chi connectivity index (χ4n) is 2.50. The van der Waals surface area contributed by atoms with Crippen LogP contribution in [-0.2, 0) is 6.42 Å². The normalized spacial score (nSPS) is 26.8. The third kappa shape index (κ3) is 2.86. The number of hydrogen-bond donors (Lipinski definition) is 2. The van der Waals surface area contributed by atoms with Crippen molar-refractivity contribution in [2.45, 2.75) is 51.2 Å². The molecular weight excluding hydrogens is 260 g/mol. The topological polar surface area (TPSA) is 86.8 Å². The Hall–Kier alpha value is -1.40. The molecule has 0 aliphatic carbocycles. The van der Waals surface area contributed by atoms with Gasteiger partial charge in [0, 0.05) is 25.6 Å². The summed E-state index contributed by atoms with van der Waals surface area (Å²) in [6.45, 7) is 4.39. The molecule has 0 unspecified atom stereocenters. The summed E-state index contributed by atoms with van der Waals surface area (Å²) in [5, 5.41) is 23.9. The molecule has 1 aromatic heterocycles. The van der Waals surface area contributed by atoms with Crippen molar-refractivity contribution in [3.8, 4) is 0 Å². The number of piperidine rings is 1. The monoisotopic (exact) mass is 282 g/mol. The van der Waals surface area contributed by atoms with Gasteiger partial charge in [0.25, 0.3) is 5.91 Å². The summed E-state index contributed by atoms with van der Waals surface area (Å²) in [6.07, 6.45) is 1.59. The number of hydrogen-bond acceptors (Lipinski definition) is 5. The first kappa shape index (κ1) is 15.0. The maximum Gasteiger partial charge on any atom is 0.276 e. The summed E-state index contributed by atoms with van der Waals surface area (Å²) in [7, 11) is 0. The smallest absolute Gasteiger partial charge is 0.276 e. The Kier molecular flexibility index (Phi) is 4.45. The Morgan fingerprint density at radius 1 is 1.60 bits per heavy atom. The van der Waals surface area contributed by atoms with E-state index in [0.29, 0.717) is 25.1 Å². The van der Waals surface area contributed by atoms with Gasteiger partial charge in [0.15, 0.2) is 5.69 Å². The molecule has 20 heavy (non-hydrogen) atoms. The maximum absolute atomic E-state index is 12.3. The molecule has 2 rings (SSSR count). The molecular formula is C14H22N2O4.